The van der Waals surface area contributed by atoms with Gasteiger partial charge in [0.2, 0.25) is 0 Å². The molecule has 0 radical (unpaired) electrons. The van der Waals surface area contributed by atoms with Crippen LogP contribution < -0.4 is 0 Å². The molecular formula is C7H11NOS. The van der Waals surface area contributed by atoms with Gasteiger partial charge in [-0.2, -0.15) is 0 Å². The van der Waals surface area contributed by atoms with Crippen molar-refractivity contribution < 1.29 is 4.84 Å². The zero-order chi connectivity index (χ0) is 6.97. The van der Waals surface area contributed by atoms with Gasteiger partial charge >= 0.3 is 0 Å². The van der Waals surface area contributed by atoms with E-state index in [1.165, 1.54) is 12.8 Å². The van der Waals surface area contributed by atoms with Crippen LogP contribution in [-0.4, -0.2) is 16.9 Å². The molecule has 2 nitrogen and oxygen atoms in total. The van der Waals surface area contributed by atoms with E-state index in [2.05, 4.69) is 5.16 Å². The van der Waals surface area contributed by atoms with E-state index in [1.54, 1.807) is 0 Å². The summed E-state index contributed by atoms with van der Waals surface area (Å²) in [6.07, 6.45) is 2.79. The van der Waals surface area contributed by atoms with Crippen molar-refractivity contribution >= 4 is 16.8 Å². The van der Waals surface area contributed by atoms with Crippen molar-refractivity contribution in [3.05, 3.63) is 0 Å². The van der Waals surface area contributed by atoms with Crippen LogP contribution in [0, 0.1) is 5.92 Å². The summed E-state index contributed by atoms with van der Waals surface area (Å²) in [5.41, 5.74) is 0. The molecule has 0 bridgehead atoms. The van der Waals surface area contributed by atoms with Gasteiger partial charge in [-0.15, -0.1) is 11.8 Å². The second-order valence-corrected chi connectivity index (χ2v) is 4.33. The molecule has 1 fully saturated rings. The zero-order valence-corrected chi connectivity index (χ0v) is 6.86. The van der Waals surface area contributed by atoms with Crippen LogP contribution in [0.25, 0.3) is 0 Å². The molecule has 10 heavy (non-hydrogen) atoms. The Morgan fingerprint density at radius 1 is 1.60 bits per heavy atom. The molecule has 0 amide bonds. The minimum absolute atomic E-state index is 0.706. The monoisotopic (exact) mass is 157 g/mol. The molecule has 0 N–H and O–H groups in total. The first-order chi connectivity index (χ1) is 4.86. The topological polar surface area (TPSA) is 21.6 Å². The van der Waals surface area contributed by atoms with Crippen LogP contribution in [0.4, 0.5) is 0 Å². The van der Waals surface area contributed by atoms with E-state index >= 15 is 0 Å². The van der Waals surface area contributed by atoms with Crippen LogP contribution in [0.3, 0.4) is 0 Å². The Labute approximate surface area is 65.0 Å². The summed E-state index contributed by atoms with van der Waals surface area (Å²) in [7, 11) is 0. The molecule has 0 aromatic carbocycles. The summed E-state index contributed by atoms with van der Waals surface area (Å²) in [5, 5.41) is 5.66. The smallest absolute Gasteiger partial charge is 0.129 e. The molecule has 0 saturated heterocycles. The molecule has 0 spiro atoms. The summed E-state index contributed by atoms with van der Waals surface area (Å²) in [4.78, 5) is 5.06. The van der Waals surface area contributed by atoms with E-state index < -0.39 is 0 Å². The quantitative estimate of drug-likeness (QED) is 0.579. The van der Waals surface area contributed by atoms with E-state index in [1.807, 2.05) is 18.7 Å². The van der Waals surface area contributed by atoms with Gasteiger partial charge in [-0.05, 0) is 25.7 Å². The first-order valence-electron chi connectivity index (χ1n) is 3.69. The maximum Gasteiger partial charge on any atom is 0.129 e. The highest BCUT2D eigenvalue weighted by atomic mass is 32.2. The zero-order valence-electron chi connectivity index (χ0n) is 6.04. The lowest BCUT2D eigenvalue weighted by Gasteiger charge is -2.18. The number of nitrogens with zero attached hydrogens (tertiary/aromatic N) is 1. The number of hydrogen-bond donors (Lipinski definition) is 0. The van der Waals surface area contributed by atoms with Crippen molar-refractivity contribution in [1.29, 1.82) is 0 Å². The second-order valence-electron chi connectivity index (χ2n) is 2.90. The minimum Gasteiger partial charge on any atom is -0.394 e. The van der Waals surface area contributed by atoms with E-state index in [-0.39, 0.29) is 0 Å². The highest BCUT2D eigenvalue weighted by Crippen LogP contribution is 2.40. The molecule has 0 aromatic heterocycles. The SMILES string of the molecule is CC1=NOCC(C2CC2)S1. The van der Waals surface area contributed by atoms with E-state index in [4.69, 9.17) is 4.84 Å². The molecule has 2 aliphatic rings. The number of hydrogen-bond acceptors (Lipinski definition) is 3. The van der Waals surface area contributed by atoms with E-state index in [0.29, 0.717) is 5.25 Å². The van der Waals surface area contributed by atoms with Crippen molar-refractivity contribution in [3.63, 3.8) is 0 Å². The Balaban J connectivity index is 1.94. The third-order valence-corrected chi connectivity index (χ3v) is 3.14. The van der Waals surface area contributed by atoms with Gasteiger partial charge in [-0.25, -0.2) is 0 Å². The summed E-state index contributed by atoms with van der Waals surface area (Å²) < 4.78 is 0. The molecule has 1 saturated carbocycles. The average Bonchev–Trinajstić information content (AvgIpc) is 2.68. The van der Waals surface area contributed by atoms with Gasteiger partial charge in [-0.1, -0.05) is 5.16 Å². The van der Waals surface area contributed by atoms with Crippen LogP contribution in [0.1, 0.15) is 19.8 Å². The maximum atomic E-state index is 5.06. The molecular weight excluding hydrogens is 146 g/mol. The summed E-state index contributed by atoms with van der Waals surface area (Å²) >= 11 is 1.88. The first-order valence-corrected chi connectivity index (χ1v) is 4.57. The Morgan fingerprint density at radius 2 is 2.40 bits per heavy atom. The van der Waals surface area contributed by atoms with Gasteiger partial charge in [0, 0.05) is 0 Å². The molecule has 0 aromatic rings. The standard InChI is InChI=1S/C7H11NOS/c1-5-8-9-4-7(10-5)6-2-3-6/h6-7H,2-4H2,1H3. The average molecular weight is 157 g/mol. The molecule has 1 unspecified atom stereocenters. The van der Waals surface area contributed by atoms with Gasteiger partial charge in [0.05, 0.1) is 5.25 Å². The van der Waals surface area contributed by atoms with Crippen LogP contribution in [-0.2, 0) is 4.84 Å². The Bertz CT molecular complexity index is 165. The minimum atomic E-state index is 0.706. The summed E-state index contributed by atoms with van der Waals surface area (Å²) in [5.74, 6) is 0.926. The Hall–Kier alpha value is -0.180. The number of thioether (sulfide) groups is 1. The van der Waals surface area contributed by atoms with Crippen LogP contribution in [0.2, 0.25) is 0 Å². The molecule has 3 heteroatoms. The van der Waals surface area contributed by atoms with Crippen molar-refractivity contribution in [2.24, 2.45) is 11.1 Å². The number of rotatable bonds is 1. The highest BCUT2D eigenvalue weighted by Gasteiger charge is 2.34. The van der Waals surface area contributed by atoms with Crippen LogP contribution in [0.5, 0.6) is 0 Å². The van der Waals surface area contributed by atoms with Crippen molar-refractivity contribution in [1.82, 2.24) is 0 Å². The van der Waals surface area contributed by atoms with Gasteiger partial charge in [0.15, 0.2) is 0 Å². The molecule has 1 aliphatic heterocycles. The van der Waals surface area contributed by atoms with Gasteiger partial charge in [0.1, 0.15) is 11.7 Å². The predicted molar refractivity (Wildman–Crippen MR) is 43.2 cm³/mol. The van der Waals surface area contributed by atoms with Gasteiger partial charge in [0.25, 0.3) is 0 Å². The molecule has 56 valence electrons. The second kappa shape index (κ2) is 2.46. The van der Waals surface area contributed by atoms with Crippen LogP contribution >= 0.6 is 11.8 Å². The summed E-state index contributed by atoms with van der Waals surface area (Å²) in [6.45, 7) is 2.84. The lowest BCUT2D eigenvalue weighted by Crippen LogP contribution is -2.18. The highest BCUT2D eigenvalue weighted by molar-refractivity contribution is 8.14. The van der Waals surface area contributed by atoms with Gasteiger partial charge < -0.3 is 4.84 Å². The maximum absolute atomic E-state index is 5.06. The van der Waals surface area contributed by atoms with E-state index in [9.17, 15) is 0 Å². The lowest BCUT2D eigenvalue weighted by atomic mass is 10.3. The fourth-order valence-electron chi connectivity index (χ4n) is 1.18. The predicted octanol–water partition coefficient (Wildman–Crippen LogP) is 1.86. The Kier molecular flexibility index (Phi) is 1.60. The van der Waals surface area contributed by atoms with Gasteiger partial charge in [-0.3, -0.25) is 0 Å². The molecule has 1 atom stereocenters. The third kappa shape index (κ3) is 1.29. The lowest BCUT2D eigenvalue weighted by molar-refractivity contribution is 0.139. The molecule has 1 heterocycles. The van der Waals surface area contributed by atoms with E-state index in [0.717, 1.165) is 17.6 Å². The molecule has 2 rings (SSSR count). The summed E-state index contributed by atoms with van der Waals surface area (Å²) in [6, 6.07) is 0. The number of oxime groups is 1. The fraction of sp³-hybridized carbons (Fsp3) is 0.857. The third-order valence-electron chi connectivity index (χ3n) is 1.90. The normalized spacial score (nSPS) is 32.9. The Morgan fingerprint density at radius 3 is 3.00 bits per heavy atom. The first kappa shape index (κ1) is 6.53. The fourth-order valence-corrected chi connectivity index (χ4v) is 2.30. The largest absolute Gasteiger partial charge is 0.394 e. The van der Waals surface area contributed by atoms with Crippen LogP contribution in [0.15, 0.2) is 5.16 Å². The van der Waals surface area contributed by atoms with Crippen molar-refractivity contribution in [2.45, 2.75) is 25.0 Å². The molecule has 1 aliphatic carbocycles. The van der Waals surface area contributed by atoms with Crippen molar-refractivity contribution in [3.8, 4) is 0 Å². The van der Waals surface area contributed by atoms with Crippen molar-refractivity contribution in [2.75, 3.05) is 6.61 Å².